The summed E-state index contributed by atoms with van der Waals surface area (Å²) in [4.78, 5) is -0.0490. The maximum Gasteiger partial charge on any atom is 0.244 e. The Kier molecular flexibility index (Phi) is 8.20. The van der Waals surface area contributed by atoms with Crippen molar-refractivity contribution in [2.24, 2.45) is 5.14 Å². The van der Waals surface area contributed by atoms with E-state index in [1.807, 2.05) is 6.07 Å². The zero-order valence-corrected chi connectivity index (χ0v) is 21.7. The summed E-state index contributed by atoms with van der Waals surface area (Å²) in [6.07, 6.45) is 0.901. The first kappa shape index (κ1) is 27.5. The highest BCUT2D eigenvalue weighted by Gasteiger charge is 2.45. The molecule has 1 spiro atoms. The topological polar surface area (TPSA) is 172 Å². The van der Waals surface area contributed by atoms with Crippen molar-refractivity contribution in [2.75, 3.05) is 32.8 Å². The smallest absolute Gasteiger partial charge is 0.244 e. The van der Waals surface area contributed by atoms with E-state index in [-0.39, 0.29) is 40.3 Å². The quantitative estimate of drug-likeness (QED) is 0.403. The predicted molar refractivity (Wildman–Crippen MR) is 134 cm³/mol. The van der Waals surface area contributed by atoms with E-state index >= 15 is 0 Å². The normalized spacial score (nSPS) is 20.9. The first-order valence-corrected chi connectivity index (χ1v) is 14.8. The van der Waals surface area contributed by atoms with E-state index in [4.69, 9.17) is 14.6 Å². The molecule has 0 amide bonds. The zero-order chi connectivity index (χ0) is 26.7. The van der Waals surface area contributed by atoms with Crippen molar-refractivity contribution in [2.45, 2.75) is 46.8 Å². The summed E-state index contributed by atoms with van der Waals surface area (Å²) in [6.45, 7) is 1.22. The Balaban J connectivity index is 1.24. The van der Waals surface area contributed by atoms with Crippen LogP contribution in [0.3, 0.4) is 0 Å². The second-order valence-electron chi connectivity index (χ2n) is 9.30. The Morgan fingerprint density at radius 1 is 1.19 bits per heavy atom. The van der Waals surface area contributed by atoms with Crippen LogP contribution in [0.25, 0.3) is 0 Å². The number of nitrogens with two attached hydrogens (primary N) is 1. The number of rotatable bonds is 9. The minimum absolute atomic E-state index is 0.0113. The van der Waals surface area contributed by atoms with Crippen LogP contribution in [-0.2, 0) is 24.8 Å². The fourth-order valence-electron chi connectivity index (χ4n) is 4.68. The van der Waals surface area contributed by atoms with Gasteiger partial charge >= 0.3 is 0 Å². The summed E-state index contributed by atoms with van der Waals surface area (Å²) in [7, 11) is -7.62. The van der Waals surface area contributed by atoms with Crippen LogP contribution in [-0.4, -0.2) is 76.8 Å². The fraction of sp³-hybridized carbons (Fsp3) is 0.458. The summed E-state index contributed by atoms with van der Waals surface area (Å²) in [6, 6.07) is 13.9. The van der Waals surface area contributed by atoms with Crippen molar-refractivity contribution < 1.29 is 31.4 Å². The summed E-state index contributed by atoms with van der Waals surface area (Å²) in [5.41, 5.74) is -0.308. The monoisotopic (exact) mass is 550 g/mol. The Labute approximate surface area is 216 Å². The van der Waals surface area contributed by atoms with Crippen LogP contribution in [0.4, 0.5) is 0 Å². The molecule has 2 saturated heterocycles. The van der Waals surface area contributed by atoms with E-state index in [0.717, 1.165) is 0 Å². The van der Waals surface area contributed by atoms with Crippen molar-refractivity contribution in [3.05, 3.63) is 54.1 Å². The highest BCUT2D eigenvalue weighted by atomic mass is 32.2. The minimum Gasteiger partial charge on any atom is -0.491 e. The number of aliphatic hydroxyl groups excluding tert-OH is 1. The molecule has 2 aliphatic rings. The predicted octanol–water partition coefficient (Wildman–Crippen LogP) is 0.547. The number of benzene rings is 2. The standard InChI is InChI=1S/C24H30N4O7S2/c25-14-18-4-1-2-7-23(18)37(32,33)28-10-8-24(9-11-28)13-19(16-35-24)27-15-20(29)17-34-21-5-3-6-22(12-21)36(26,30)31/h1-7,12,19-20,27,29H,8-11,13,15-17H2,(H2,26,30,31)/t19?,20-/m0/s1. The van der Waals surface area contributed by atoms with Crippen LogP contribution in [0.15, 0.2) is 58.3 Å². The van der Waals surface area contributed by atoms with Crippen LogP contribution < -0.4 is 15.2 Å². The lowest BCUT2D eigenvalue weighted by molar-refractivity contribution is -0.0312. The van der Waals surface area contributed by atoms with Crippen LogP contribution in [0.2, 0.25) is 0 Å². The lowest BCUT2D eigenvalue weighted by Gasteiger charge is -2.38. The molecule has 13 heteroatoms. The molecule has 11 nitrogen and oxygen atoms in total. The van der Waals surface area contributed by atoms with Gasteiger partial charge in [0.05, 0.1) is 27.6 Å². The first-order chi connectivity index (χ1) is 17.5. The Morgan fingerprint density at radius 3 is 2.62 bits per heavy atom. The van der Waals surface area contributed by atoms with E-state index in [0.29, 0.717) is 39.0 Å². The molecule has 2 heterocycles. The zero-order valence-electron chi connectivity index (χ0n) is 20.1. The summed E-state index contributed by atoms with van der Waals surface area (Å²) in [5.74, 6) is 0.285. The maximum atomic E-state index is 13.1. The van der Waals surface area contributed by atoms with Gasteiger partial charge in [-0.05, 0) is 43.5 Å². The van der Waals surface area contributed by atoms with Gasteiger partial charge in [-0.25, -0.2) is 22.0 Å². The van der Waals surface area contributed by atoms with Crippen molar-refractivity contribution in [3.63, 3.8) is 0 Å². The third-order valence-corrected chi connectivity index (χ3v) is 9.55. The summed E-state index contributed by atoms with van der Waals surface area (Å²) in [5, 5.41) is 28.0. The largest absolute Gasteiger partial charge is 0.491 e. The second-order valence-corrected chi connectivity index (χ2v) is 12.8. The van der Waals surface area contributed by atoms with Gasteiger partial charge in [-0.2, -0.15) is 9.57 Å². The molecule has 0 saturated carbocycles. The average molecular weight is 551 g/mol. The third-order valence-electron chi connectivity index (χ3n) is 6.69. The van der Waals surface area contributed by atoms with Crippen LogP contribution in [0, 0.1) is 11.3 Å². The minimum atomic E-state index is -3.85. The number of hydrogen-bond acceptors (Lipinski definition) is 9. The molecule has 37 heavy (non-hydrogen) atoms. The number of nitrogens with one attached hydrogen (secondary N) is 1. The fourth-order valence-corrected chi connectivity index (χ4v) is 6.81. The Hall–Kier alpha value is -2.57. The van der Waals surface area contributed by atoms with E-state index in [1.54, 1.807) is 18.2 Å². The van der Waals surface area contributed by atoms with E-state index < -0.39 is 31.8 Å². The molecule has 0 aromatic heterocycles. The number of aliphatic hydroxyl groups is 1. The summed E-state index contributed by atoms with van der Waals surface area (Å²) < 4.78 is 62.1. The maximum absolute atomic E-state index is 13.1. The molecule has 2 atom stereocenters. The Bertz CT molecular complexity index is 1370. The van der Waals surface area contributed by atoms with Gasteiger partial charge in [-0.1, -0.05) is 18.2 Å². The van der Waals surface area contributed by atoms with Gasteiger partial charge in [0.1, 0.15) is 24.5 Å². The molecule has 0 aliphatic carbocycles. The number of ether oxygens (including phenoxy) is 2. The molecular weight excluding hydrogens is 520 g/mol. The van der Waals surface area contributed by atoms with Gasteiger partial charge in [0.15, 0.2) is 0 Å². The van der Waals surface area contributed by atoms with Gasteiger partial charge in [0.2, 0.25) is 20.0 Å². The molecule has 4 N–H and O–H groups in total. The van der Waals surface area contributed by atoms with E-state index in [9.17, 15) is 27.2 Å². The van der Waals surface area contributed by atoms with Gasteiger partial charge in [0.25, 0.3) is 0 Å². The number of nitriles is 1. The molecule has 200 valence electrons. The van der Waals surface area contributed by atoms with Crippen molar-refractivity contribution in [1.82, 2.24) is 9.62 Å². The van der Waals surface area contributed by atoms with E-state index in [1.165, 1.54) is 34.6 Å². The van der Waals surface area contributed by atoms with Crippen molar-refractivity contribution in [3.8, 4) is 11.8 Å². The van der Waals surface area contributed by atoms with E-state index in [2.05, 4.69) is 5.32 Å². The second kappa shape index (κ2) is 11.0. The molecule has 2 aromatic carbocycles. The number of hydrogen-bond donors (Lipinski definition) is 3. The summed E-state index contributed by atoms with van der Waals surface area (Å²) >= 11 is 0. The lowest BCUT2D eigenvalue weighted by atomic mass is 9.88. The number of piperidine rings is 1. The Morgan fingerprint density at radius 2 is 1.92 bits per heavy atom. The molecule has 4 rings (SSSR count). The highest BCUT2D eigenvalue weighted by Crippen LogP contribution is 2.37. The number of sulfonamides is 2. The van der Waals surface area contributed by atoms with Crippen LogP contribution >= 0.6 is 0 Å². The van der Waals surface area contributed by atoms with Crippen LogP contribution in [0.1, 0.15) is 24.8 Å². The molecule has 2 aliphatic heterocycles. The number of primary sulfonamides is 1. The molecule has 1 unspecified atom stereocenters. The van der Waals surface area contributed by atoms with Crippen molar-refractivity contribution in [1.29, 1.82) is 5.26 Å². The van der Waals surface area contributed by atoms with Gasteiger partial charge in [0, 0.05) is 31.7 Å². The van der Waals surface area contributed by atoms with Gasteiger partial charge in [-0.3, -0.25) is 0 Å². The average Bonchev–Trinajstić information content (AvgIpc) is 3.28. The van der Waals surface area contributed by atoms with Crippen LogP contribution in [0.5, 0.6) is 5.75 Å². The molecular formula is C24H30N4O7S2. The van der Waals surface area contributed by atoms with Gasteiger partial charge < -0.3 is 19.9 Å². The highest BCUT2D eigenvalue weighted by molar-refractivity contribution is 7.89. The molecule has 2 fully saturated rings. The van der Waals surface area contributed by atoms with Gasteiger partial charge in [-0.15, -0.1) is 0 Å². The lowest BCUT2D eigenvalue weighted by Crippen LogP contribution is -2.47. The SMILES string of the molecule is N#Cc1ccccc1S(=O)(=O)N1CCC2(CC1)CC(NC[C@H](O)COc1cccc(S(N)(=O)=O)c1)CO2. The molecule has 0 radical (unpaired) electrons. The first-order valence-electron chi connectivity index (χ1n) is 11.8. The third kappa shape index (κ3) is 6.47. The van der Waals surface area contributed by atoms with Crippen molar-refractivity contribution >= 4 is 20.0 Å². The molecule has 0 bridgehead atoms. The molecule has 2 aromatic rings. The number of nitrogens with zero attached hydrogens (tertiary/aromatic N) is 2.